The molecule has 1 heterocycles. The molecule has 0 aliphatic carbocycles. The lowest BCUT2D eigenvalue weighted by molar-refractivity contribution is 0.241. The molecule has 0 atom stereocenters. The van der Waals surface area contributed by atoms with Crippen molar-refractivity contribution < 1.29 is 0 Å². The average Bonchev–Trinajstić information content (AvgIpc) is 2.40. The second-order valence-electron chi connectivity index (χ2n) is 7.01. The standard InChI is InChI=1S/C15H32N2S/c1-14(2,7-9-16)6-5-10-17-11-8-15(3,4)18-13-12-17/h5-13,16H2,1-4H3. The van der Waals surface area contributed by atoms with Crippen LogP contribution in [0, 0.1) is 5.41 Å². The third-order valence-electron chi connectivity index (χ3n) is 4.08. The molecule has 0 aromatic carbocycles. The summed E-state index contributed by atoms with van der Waals surface area (Å²) >= 11 is 2.13. The average molecular weight is 273 g/mol. The normalized spacial score (nSPS) is 21.8. The molecule has 18 heavy (non-hydrogen) atoms. The van der Waals surface area contributed by atoms with E-state index in [4.69, 9.17) is 5.73 Å². The predicted octanol–water partition coefficient (Wildman–Crippen LogP) is 3.36. The third kappa shape index (κ3) is 6.44. The maximum atomic E-state index is 5.67. The van der Waals surface area contributed by atoms with Crippen LogP contribution in [0.15, 0.2) is 0 Å². The first-order chi connectivity index (χ1) is 8.35. The van der Waals surface area contributed by atoms with Crippen LogP contribution in [0.25, 0.3) is 0 Å². The second kappa shape index (κ2) is 7.16. The molecule has 1 rings (SSSR count). The van der Waals surface area contributed by atoms with Crippen molar-refractivity contribution in [1.82, 2.24) is 4.90 Å². The molecule has 0 amide bonds. The van der Waals surface area contributed by atoms with Crippen LogP contribution in [0.5, 0.6) is 0 Å². The molecule has 1 aliphatic rings. The summed E-state index contributed by atoms with van der Waals surface area (Å²) in [6, 6.07) is 0. The largest absolute Gasteiger partial charge is 0.330 e. The quantitative estimate of drug-likeness (QED) is 0.804. The number of nitrogens with two attached hydrogens (primary N) is 1. The van der Waals surface area contributed by atoms with Crippen LogP contribution < -0.4 is 5.73 Å². The Balaban J connectivity index is 2.23. The molecule has 0 saturated carbocycles. The summed E-state index contributed by atoms with van der Waals surface area (Å²) in [5.41, 5.74) is 6.09. The number of rotatable bonds is 6. The van der Waals surface area contributed by atoms with Crippen LogP contribution in [-0.4, -0.2) is 41.6 Å². The van der Waals surface area contributed by atoms with E-state index < -0.39 is 0 Å². The fourth-order valence-electron chi connectivity index (χ4n) is 2.58. The van der Waals surface area contributed by atoms with Crippen molar-refractivity contribution in [3.05, 3.63) is 0 Å². The number of nitrogens with zero attached hydrogens (tertiary/aromatic N) is 1. The fraction of sp³-hybridized carbons (Fsp3) is 1.00. The molecule has 0 radical (unpaired) electrons. The highest BCUT2D eigenvalue weighted by Gasteiger charge is 2.24. The van der Waals surface area contributed by atoms with Crippen molar-refractivity contribution in [1.29, 1.82) is 0 Å². The first kappa shape index (κ1) is 16.3. The van der Waals surface area contributed by atoms with E-state index in [1.807, 2.05) is 0 Å². The van der Waals surface area contributed by atoms with Gasteiger partial charge in [-0.15, -0.1) is 0 Å². The van der Waals surface area contributed by atoms with Gasteiger partial charge < -0.3 is 10.6 Å². The lowest BCUT2D eigenvalue weighted by Crippen LogP contribution is -2.29. The maximum Gasteiger partial charge on any atom is 0.0116 e. The zero-order chi connectivity index (χ0) is 13.6. The summed E-state index contributed by atoms with van der Waals surface area (Å²) in [6.45, 7) is 14.1. The van der Waals surface area contributed by atoms with Gasteiger partial charge in [0.25, 0.3) is 0 Å². The SMILES string of the molecule is CC(C)(CCN)CCCN1CCSC(C)(C)CC1. The van der Waals surface area contributed by atoms with Crippen molar-refractivity contribution >= 4 is 11.8 Å². The van der Waals surface area contributed by atoms with Gasteiger partial charge in [-0.3, -0.25) is 0 Å². The molecular formula is C15H32N2S. The molecular weight excluding hydrogens is 240 g/mol. The van der Waals surface area contributed by atoms with Crippen molar-refractivity contribution in [2.75, 3.05) is 31.9 Å². The zero-order valence-electron chi connectivity index (χ0n) is 12.8. The molecule has 0 spiro atoms. The Kier molecular flexibility index (Phi) is 6.49. The summed E-state index contributed by atoms with van der Waals surface area (Å²) in [6.07, 6.45) is 5.09. The Hall–Kier alpha value is 0.270. The molecule has 2 N–H and O–H groups in total. The van der Waals surface area contributed by atoms with Gasteiger partial charge in [0.15, 0.2) is 0 Å². The van der Waals surface area contributed by atoms with Crippen LogP contribution in [0.1, 0.15) is 53.4 Å². The second-order valence-corrected chi connectivity index (χ2v) is 8.81. The highest BCUT2D eigenvalue weighted by Crippen LogP contribution is 2.31. The van der Waals surface area contributed by atoms with Gasteiger partial charge in [-0.1, -0.05) is 27.7 Å². The summed E-state index contributed by atoms with van der Waals surface area (Å²) in [7, 11) is 0. The van der Waals surface area contributed by atoms with Crippen molar-refractivity contribution in [2.45, 2.75) is 58.1 Å². The minimum absolute atomic E-state index is 0.425. The number of hydrogen-bond acceptors (Lipinski definition) is 3. The van der Waals surface area contributed by atoms with Gasteiger partial charge in [0.05, 0.1) is 0 Å². The summed E-state index contributed by atoms with van der Waals surface area (Å²) in [5.74, 6) is 1.29. The van der Waals surface area contributed by atoms with Crippen molar-refractivity contribution in [3.63, 3.8) is 0 Å². The Morgan fingerprint density at radius 3 is 2.61 bits per heavy atom. The molecule has 0 unspecified atom stereocenters. The van der Waals surface area contributed by atoms with Gasteiger partial charge in [0.2, 0.25) is 0 Å². The van der Waals surface area contributed by atoms with Crippen LogP contribution in [-0.2, 0) is 0 Å². The molecule has 0 bridgehead atoms. The molecule has 2 nitrogen and oxygen atoms in total. The van der Waals surface area contributed by atoms with E-state index in [9.17, 15) is 0 Å². The van der Waals surface area contributed by atoms with Gasteiger partial charge in [-0.25, -0.2) is 0 Å². The van der Waals surface area contributed by atoms with Crippen molar-refractivity contribution in [2.24, 2.45) is 11.1 Å². The number of thioether (sulfide) groups is 1. The first-order valence-corrected chi connectivity index (χ1v) is 8.40. The van der Waals surface area contributed by atoms with E-state index in [0.717, 1.165) is 13.0 Å². The maximum absolute atomic E-state index is 5.67. The van der Waals surface area contributed by atoms with E-state index in [1.54, 1.807) is 0 Å². The van der Waals surface area contributed by atoms with E-state index in [0.29, 0.717) is 10.2 Å². The summed E-state index contributed by atoms with van der Waals surface area (Å²) in [5, 5.41) is 0. The van der Waals surface area contributed by atoms with E-state index in [1.165, 1.54) is 44.6 Å². The number of hydrogen-bond donors (Lipinski definition) is 1. The Morgan fingerprint density at radius 1 is 1.22 bits per heavy atom. The van der Waals surface area contributed by atoms with E-state index >= 15 is 0 Å². The summed E-state index contributed by atoms with van der Waals surface area (Å²) < 4.78 is 0.480. The smallest absolute Gasteiger partial charge is 0.0116 e. The first-order valence-electron chi connectivity index (χ1n) is 7.41. The highest BCUT2D eigenvalue weighted by molar-refractivity contribution is 8.00. The van der Waals surface area contributed by atoms with Crippen LogP contribution >= 0.6 is 11.8 Å². The van der Waals surface area contributed by atoms with Gasteiger partial charge in [0.1, 0.15) is 0 Å². The predicted molar refractivity (Wildman–Crippen MR) is 84.3 cm³/mol. The summed E-state index contributed by atoms with van der Waals surface area (Å²) in [4.78, 5) is 2.65. The molecule has 1 aliphatic heterocycles. The Bertz CT molecular complexity index is 239. The molecule has 1 saturated heterocycles. The monoisotopic (exact) mass is 272 g/mol. The van der Waals surface area contributed by atoms with Gasteiger partial charge in [-0.05, 0) is 50.7 Å². The molecule has 3 heteroatoms. The highest BCUT2D eigenvalue weighted by atomic mass is 32.2. The molecule has 0 aromatic rings. The van der Waals surface area contributed by atoms with E-state index in [2.05, 4.69) is 44.4 Å². The Labute approximate surface area is 118 Å². The fourth-order valence-corrected chi connectivity index (χ4v) is 3.72. The zero-order valence-corrected chi connectivity index (χ0v) is 13.6. The van der Waals surface area contributed by atoms with Crippen LogP contribution in [0.3, 0.4) is 0 Å². The topological polar surface area (TPSA) is 29.3 Å². The molecule has 0 aromatic heterocycles. The van der Waals surface area contributed by atoms with E-state index in [-0.39, 0.29) is 0 Å². The van der Waals surface area contributed by atoms with Crippen LogP contribution in [0.2, 0.25) is 0 Å². The van der Waals surface area contributed by atoms with Gasteiger partial charge in [-0.2, -0.15) is 11.8 Å². The minimum Gasteiger partial charge on any atom is -0.330 e. The lowest BCUT2D eigenvalue weighted by Gasteiger charge is -2.26. The molecule has 108 valence electrons. The van der Waals surface area contributed by atoms with Crippen molar-refractivity contribution in [3.8, 4) is 0 Å². The Morgan fingerprint density at radius 2 is 1.94 bits per heavy atom. The van der Waals surface area contributed by atoms with Crippen LogP contribution in [0.4, 0.5) is 0 Å². The minimum atomic E-state index is 0.425. The van der Waals surface area contributed by atoms with Gasteiger partial charge in [0, 0.05) is 17.0 Å². The van der Waals surface area contributed by atoms with Gasteiger partial charge >= 0.3 is 0 Å². The molecule has 1 fully saturated rings. The lowest BCUT2D eigenvalue weighted by atomic mass is 9.84. The third-order valence-corrected chi connectivity index (χ3v) is 5.45.